The summed E-state index contributed by atoms with van der Waals surface area (Å²) in [7, 11) is 0. The predicted molar refractivity (Wildman–Crippen MR) is 92.4 cm³/mol. The van der Waals surface area contributed by atoms with E-state index < -0.39 is 0 Å². The van der Waals surface area contributed by atoms with Gasteiger partial charge in [0.15, 0.2) is 0 Å². The first-order chi connectivity index (χ1) is 11.1. The number of amides is 2. The van der Waals surface area contributed by atoms with Crippen LogP contribution in [0, 0.1) is 12.8 Å². The number of rotatable bonds is 7. The van der Waals surface area contributed by atoms with E-state index >= 15 is 0 Å². The number of carbonyl (C=O) groups excluding carboxylic acids is 2. The van der Waals surface area contributed by atoms with Crippen LogP contribution in [-0.2, 0) is 16.0 Å². The van der Waals surface area contributed by atoms with Gasteiger partial charge >= 0.3 is 0 Å². The van der Waals surface area contributed by atoms with Crippen molar-refractivity contribution >= 4 is 23.2 Å². The summed E-state index contributed by atoms with van der Waals surface area (Å²) in [6.07, 6.45) is 4.10. The Morgan fingerprint density at radius 2 is 2.17 bits per heavy atom. The van der Waals surface area contributed by atoms with Crippen LogP contribution >= 0.6 is 11.3 Å². The standard InChI is InChI=1S/C17H27N3O2S/c1-4-13(5-2)17(22)20-10-6-7-15(20)16(21)18-9-8-14-11-23-12(3)19-14/h11,13,15H,4-10H2,1-3H3,(H,18,21). The highest BCUT2D eigenvalue weighted by Gasteiger charge is 2.35. The first-order valence-corrected chi connectivity index (χ1v) is 9.44. The molecule has 1 aliphatic heterocycles. The zero-order valence-electron chi connectivity index (χ0n) is 14.3. The molecule has 1 aliphatic rings. The van der Waals surface area contributed by atoms with Crippen LogP contribution < -0.4 is 5.32 Å². The molecule has 1 fully saturated rings. The van der Waals surface area contributed by atoms with E-state index in [9.17, 15) is 9.59 Å². The third kappa shape index (κ3) is 4.53. The number of nitrogens with zero attached hydrogens (tertiary/aromatic N) is 2. The van der Waals surface area contributed by atoms with Crippen LogP contribution in [0.15, 0.2) is 5.38 Å². The maximum absolute atomic E-state index is 12.6. The van der Waals surface area contributed by atoms with Crippen molar-refractivity contribution in [2.75, 3.05) is 13.1 Å². The minimum atomic E-state index is -0.291. The van der Waals surface area contributed by atoms with E-state index in [0.29, 0.717) is 13.1 Å². The number of aromatic nitrogens is 1. The molecular weight excluding hydrogens is 310 g/mol. The summed E-state index contributed by atoms with van der Waals surface area (Å²) in [6.45, 7) is 7.33. The largest absolute Gasteiger partial charge is 0.354 e. The molecule has 1 unspecified atom stereocenters. The highest BCUT2D eigenvalue weighted by molar-refractivity contribution is 7.09. The Hall–Kier alpha value is -1.43. The van der Waals surface area contributed by atoms with Crippen LogP contribution in [-0.4, -0.2) is 40.8 Å². The first-order valence-electron chi connectivity index (χ1n) is 8.56. The van der Waals surface area contributed by atoms with Gasteiger partial charge in [0.2, 0.25) is 11.8 Å². The van der Waals surface area contributed by atoms with E-state index in [1.165, 1.54) is 0 Å². The molecule has 128 valence electrons. The number of hydrogen-bond donors (Lipinski definition) is 1. The maximum Gasteiger partial charge on any atom is 0.242 e. The fourth-order valence-corrected chi connectivity index (χ4v) is 3.78. The van der Waals surface area contributed by atoms with Gasteiger partial charge in [0.05, 0.1) is 10.7 Å². The van der Waals surface area contributed by atoms with Gasteiger partial charge < -0.3 is 10.2 Å². The van der Waals surface area contributed by atoms with Crippen molar-refractivity contribution < 1.29 is 9.59 Å². The quantitative estimate of drug-likeness (QED) is 0.832. The van der Waals surface area contributed by atoms with Gasteiger partial charge in [-0.2, -0.15) is 0 Å². The van der Waals surface area contributed by atoms with Gasteiger partial charge in [-0.15, -0.1) is 11.3 Å². The lowest BCUT2D eigenvalue weighted by molar-refractivity contribution is -0.141. The van der Waals surface area contributed by atoms with Gasteiger partial charge in [-0.1, -0.05) is 13.8 Å². The molecule has 23 heavy (non-hydrogen) atoms. The average molecular weight is 337 g/mol. The van der Waals surface area contributed by atoms with Crippen molar-refractivity contribution in [2.24, 2.45) is 5.92 Å². The summed E-state index contributed by atoms with van der Waals surface area (Å²) in [5.74, 6) is 0.165. The second-order valence-corrected chi connectivity index (χ2v) is 7.16. The van der Waals surface area contributed by atoms with Gasteiger partial charge in [-0.05, 0) is 32.6 Å². The molecule has 0 bridgehead atoms. The molecule has 6 heteroatoms. The molecule has 2 heterocycles. The van der Waals surface area contributed by atoms with Crippen LogP contribution in [0.2, 0.25) is 0 Å². The van der Waals surface area contributed by atoms with Crippen molar-refractivity contribution in [2.45, 2.75) is 58.9 Å². The SMILES string of the molecule is CCC(CC)C(=O)N1CCCC1C(=O)NCCc1csc(C)n1. The zero-order valence-corrected chi connectivity index (χ0v) is 15.1. The van der Waals surface area contributed by atoms with E-state index in [0.717, 1.165) is 42.8 Å². The molecule has 2 rings (SSSR count). The van der Waals surface area contributed by atoms with Crippen LogP contribution in [0.5, 0.6) is 0 Å². The topological polar surface area (TPSA) is 62.3 Å². The molecule has 1 aromatic heterocycles. The Morgan fingerprint density at radius 1 is 1.43 bits per heavy atom. The second-order valence-electron chi connectivity index (χ2n) is 6.10. The Balaban J connectivity index is 1.86. The normalized spacial score (nSPS) is 17.7. The van der Waals surface area contributed by atoms with Gasteiger partial charge in [-0.3, -0.25) is 9.59 Å². The Bertz CT molecular complexity index is 540. The molecule has 0 aromatic carbocycles. The Kier molecular flexibility index (Phi) is 6.57. The lowest BCUT2D eigenvalue weighted by Gasteiger charge is -2.27. The third-order valence-corrected chi connectivity index (χ3v) is 5.34. The van der Waals surface area contributed by atoms with Crippen molar-refractivity contribution in [1.29, 1.82) is 0 Å². The molecule has 0 radical (unpaired) electrons. The average Bonchev–Trinajstić information content (AvgIpc) is 3.17. The van der Waals surface area contributed by atoms with Crippen LogP contribution in [0.1, 0.15) is 50.2 Å². The molecule has 0 saturated carbocycles. The van der Waals surface area contributed by atoms with Gasteiger partial charge in [0.1, 0.15) is 6.04 Å². The van der Waals surface area contributed by atoms with Gasteiger partial charge in [0, 0.05) is 30.8 Å². The zero-order chi connectivity index (χ0) is 16.8. The number of aryl methyl sites for hydroxylation is 1. The van der Waals surface area contributed by atoms with Gasteiger partial charge in [-0.25, -0.2) is 4.98 Å². The van der Waals surface area contributed by atoms with E-state index in [4.69, 9.17) is 0 Å². The monoisotopic (exact) mass is 337 g/mol. The van der Waals surface area contributed by atoms with Crippen LogP contribution in [0.3, 0.4) is 0 Å². The lowest BCUT2D eigenvalue weighted by atomic mass is 10.0. The fraction of sp³-hybridized carbons (Fsp3) is 0.706. The summed E-state index contributed by atoms with van der Waals surface area (Å²) < 4.78 is 0. The third-order valence-electron chi connectivity index (χ3n) is 4.52. The molecule has 1 atom stereocenters. The molecule has 0 spiro atoms. The van der Waals surface area contributed by atoms with E-state index in [1.807, 2.05) is 26.2 Å². The van der Waals surface area contributed by atoms with Gasteiger partial charge in [0.25, 0.3) is 0 Å². The Labute approximate surface area is 142 Å². The summed E-state index contributed by atoms with van der Waals surface area (Å²) in [5.41, 5.74) is 1.02. The first kappa shape index (κ1) is 17.9. The van der Waals surface area contributed by atoms with E-state index in [2.05, 4.69) is 10.3 Å². The molecule has 1 N–H and O–H groups in total. The van der Waals surface area contributed by atoms with Crippen molar-refractivity contribution in [3.05, 3.63) is 16.1 Å². The van der Waals surface area contributed by atoms with Crippen LogP contribution in [0.25, 0.3) is 0 Å². The lowest BCUT2D eigenvalue weighted by Crippen LogP contribution is -2.48. The second kappa shape index (κ2) is 8.43. The summed E-state index contributed by atoms with van der Waals surface area (Å²) in [4.78, 5) is 31.2. The summed E-state index contributed by atoms with van der Waals surface area (Å²) in [6, 6.07) is -0.291. The molecule has 1 saturated heterocycles. The molecule has 2 amide bonds. The number of carbonyl (C=O) groups is 2. The Morgan fingerprint density at radius 3 is 2.78 bits per heavy atom. The fourth-order valence-electron chi connectivity index (χ4n) is 3.13. The number of nitrogens with one attached hydrogen (secondary N) is 1. The highest BCUT2D eigenvalue weighted by atomic mass is 32.1. The number of thiazole rings is 1. The minimum Gasteiger partial charge on any atom is -0.354 e. The molecule has 0 aliphatic carbocycles. The number of hydrogen-bond acceptors (Lipinski definition) is 4. The van der Waals surface area contributed by atoms with Crippen molar-refractivity contribution in [3.8, 4) is 0 Å². The predicted octanol–water partition coefficient (Wildman–Crippen LogP) is 2.54. The molecular formula is C17H27N3O2S. The summed E-state index contributed by atoms with van der Waals surface area (Å²) >= 11 is 1.62. The van der Waals surface area contributed by atoms with E-state index in [-0.39, 0.29) is 23.8 Å². The minimum absolute atomic E-state index is 0.0197. The summed E-state index contributed by atoms with van der Waals surface area (Å²) in [5, 5.41) is 6.05. The highest BCUT2D eigenvalue weighted by Crippen LogP contribution is 2.22. The molecule has 5 nitrogen and oxygen atoms in total. The van der Waals surface area contributed by atoms with Crippen molar-refractivity contribution in [3.63, 3.8) is 0 Å². The molecule has 1 aromatic rings. The smallest absolute Gasteiger partial charge is 0.242 e. The maximum atomic E-state index is 12.6. The number of likely N-dealkylation sites (tertiary alicyclic amines) is 1. The van der Waals surface area contributed by atoms with Crippen LogP contribution in [0.4, 0.5) is 0 Å². The van der Waals surface area contributed by atoms with Crippen molar-refractivity contribution in [1.82, 2.24) is 15.2 Å². The van der Waals surface area contributed by atoms with E-state index in [1.54, 1.807) is 16.2 Å².